The van der Waals surface area contributed by atoms with Crippen molar-refractivity contribution >= 4 is 39.2 Å². The summed E-state index contributed by atoms with van der Waals surface area (Å²) in [4.78, 5) is 33.1. The third kappa shape index (κ3) is 5.90. The molecule has 4 rings (SSSR count). The first-order valence-corrected chi connectivity index (χ1v) is 13.0. The number of ketones is 1. The Labute approximate surface area is 223 Å². The third-order valence-electron chi connectivity index (χ3n) is 6.93. The van der Waals surface area contributed by atoms with E-state index in [4.69, 9.17) is 11.6 Å². The molecule has 0 aliphatic carbocycles. The fourth-order valence-corrected chi connectivity index (χ4v) is 5.92. The van der Waals surface area contributed by atoms with Gasteiger partial charge >= 0.3 is 5.57 Å². The minimum absolute atomic E-state index is 0.0491. The van der Waals surface area contributed by atoms with E-state index in [-0.39, 0.29) is 23.9 Å². The SMILES string of the molecule is CN1CCN(CCN2C(=O)c3cc(C(=O)Cc4ccc(OC(F)(F)Cl)cc4)cc(Br)c3C2(C)C)CC1. The molecule has 36 heavy (non-hydrogen) atoms. The lowest BCUT2D eigenvalue weighted by molar-refractivity contribution is -0.0964. The van der Waals surface area contributed by atoms with Gasteiger partial charge in [0.25, 0.3) is 5.91 Å². The second kappa shape index (κ2) is 10.4. The minimum atomic E-state index is -3.80. The first-order valence-electron chi connectivity index (χ1n) is 11.8. The van der Waals surface area contributed by atoms with Crippen molar-refractivity contribution in [3.8, 4) is 5.75 Å². The van der Waals surface area contributed by atoms with Crippen LogP contribution in [0.15, 0.2) is 40.9 Å². The van der Waals surface area contributed by atoms with Crippen LogP contribution >= 0.6 is 27.5 Å². The molecule has 2 aromatic carbocycles. The van der Waals surface area contributed by atoms with Gasteiger partial charge in [0.15, 0.2) is 5.78 Å². The number of carbonyl (C=O) groups excluding carboxylic acids is 2. The molecule has 2 aromatic rings. The Hall–Kier alpha value is -2.07. The molecule has 1 amide bonds. The van der Waals surface area contributed by atoms with Crippen molar-refractivity contribution in [3.63, 3.8) is 0 Å². The highest BCUT2D eigenvalue weighted by Gasteiger charge is 2.44. The molecule has 0 radical (unpaired) electrons. The van der Waals surface area contributed by atoms with Crippen molar-refractivity contribution in [2.24, 2.45) is 0 Å². The van der Waals surface area contributed by atoms with Gasteiger partial charge in [0.1, 0.15) is 5.75 Å². The zero-order valence-electron chi connectivity index (χ0n) is 20.5. The van der Waals surface area contributed by atoms with Crippen LogP contribution in [0.3, 0.4) is 0 Å². The van der Waals surface area contributed by atoms with Gasteiger partial charge in [-0.25, -0.2) is 0 Å². The molecule has 2 heterocycles. The number of benzene rings is 2. The normalized spacial score (nSPS) is 18.4. The first-order chi connectivity index (χ1) is 16.8. The van der Waals surface area contributed by atoms with Crippen molar-refractivity contribution in [3.05, 3.63) is 63.1 Å². The molecule has 10 heteroatoms. The molecule has 0 atom stereocenters. The summed E-state index contributed by atoms with van der Waals surface area (Å²) in [6.07, 6.45) is 0.0491. The van der Waals surface area contributed by atoms with Gasteiger partial charge in [0.05, 0.1) is 5.54 Å². The maximum absolute atomic E-state index is 13.5. The summed E-state index contributed by atoms with van der Waals surface area (Å²) in [6, 6.07) is 9.17. The van der Waals surface area contributed by atoms with E-state index in [2.05, 4.69) is 37.5 Å². The van der Waals surface area contributed by atoms with E-state index in [1.54, 1.807) is 12.1 Å². The number of fused-ring (bicyclic) bond motifs is 1. The number of ether oxygens (including phenoxy) is 1. The number of carbonyl (C=O) groups is 2. The lowest BCUT2D eigenvalue weighted by Gasteiger charge is -2.37. The zero-order valence-corrected chi connectivity index (χ0v) is 22.8. The fourth-order valence-electron chi connectivity index (χ4n) is 4.88. The zero-order chi connectivity index (χ0) is 26.3. The molecule has 0 bridgehead atoms. The summed E-state index contributed by atoms with van der Waals surface area (Å²) in [5, 5.41) is 0. The van der Waals surface area contributed by atoms with E-state index < -0.39 is 11.1 Å². The molecule has 2 aliphatic heterocycles. The number of hydrogen-bond acceptors (Lipinski definition) is 5. The Balaban J connectivity index is 1.48. The van der Waals surface area contributed by atoms with E-state index in [9.17, 15) is 18.4 Å². The summed E-state index contributed by atoms with van der Waals surface area (Å²) >= 11 is 8.40. The molecule has 194 valence electrons. The Morgan fingerprint density at radius 3 is 2.36 bits per heavy atom. The quantitative estimate of drug-likeness (QED) is 0.324. The van der Waals surface area contributed by atoms with Crippen LogP contribution in [0.2, 0.25) is 0 Å². The molecule has 0 saturated carbocycles. The third-order valence-corrected chi connectivity index (χ3v) is 7.63. The summed E-state index contributed by atoms with van der Waals surface area (Å²) in [6.45, 7) is 9.46. The molecule has 2 aliphatic rings. The van der Waals surface area contributed by atoms with Gasteiger partial charge in [0, 0.05) is 78.5 Å². The Morgan fingerprint density at radius 2 is 1.75 bits per heavy atom. The Bertz CT molecular complexity index is 1150. The van der Waals surface area contributed by atoms with Crippen molar-refractivity contribution < 1.29 is 23.1 Å². The maximum atomic E-state index is 13.5. The van der Waals surface area contributed by atoms with Crippen molar-refractivity contribution in [2.75, 3.05) is 46.3 Å². The van der Waals surface area contributed by atoms with Gasteiger partial charge in [-0.3, -0.25) is 14.5 Å². The Morgan fingerprint density at radius 1 is 1.11 bits per heavy atom. The predicted octanol–water partition coefficient (Wildman–Crippen LogP) is 4.98. The van der Waals surface area contributed by atoms with Crippen LogP contribution in [0.25, 0.3) is 0 Å². The fraction of sp³-hybridized carbons (Fsp3) is 0.462. The van der Waals surface area contributed by atoms with Crippen molar-refractivity contribution in [1.82, 2.24) is 14.7 Å². The lowest BCUT2D eigenvalue weighted by atomic mass is 9.91. The second-order valence-electron chi connectivity index (χ2n) is 9.83. The van der Waals surface area contributed by atoms with Gasteiger partial charge in [-0.1, -0.05) is 28.1 Å². The van der Waals surface area contributed by atoms with E-state index in [0.717, 1.165) is 42.8 Å². The molecule has 1 saturated heterocycles. The number of amides is 1. The monoisotopic (exact) mass is 583 g/mol. The minimum Gasteiger partial charge on any atom is -0.420 e. The summed E-state index contributed by atoms with van der Waals surface area (Å²) in [5.41, 5.74) is -1.86. The number of rotatable bonds is 8. The average molecular weight is 585 g/mol. The maximum Gasteiger partial charge on any atom is 0.487 e. The van der Waals surface area contributed by atoms with E-state index in [1.165, 1.54) is 24.3 Å². The molecule has 0 aromatic heterocycles. The van der Waals surface area contributed by atoms with Crippen LogP contribution in [0.5, 0.6) is 5.75 Å². The molecule has 0 unspecified atom stereocenters. The second-order valence-corrected chi connectivity index (χ2v) is 11.1. The van der Waals surface area contributed by atoms with Crippen LogP contribution in [0, 0.1) is 0 Å². The molecule has 6 nitrogen and oxygen atoms in total. The summed E-state index contributed by atoms with van der Waals surface area (Å²) < 4.78 is 30.6. The highest BCUT2D eigenvalue weighted by atomic mass is 79.9. The molecule has 0 spiro atoms. The molecular formula is C26H29BrClF2N3O3. The van der Waals surface area contributed by atoms with E-state index >= 15 is 0 Å². The largest absolute Gasteiger partial charge is 0.487 e. The van der Waals surface area contributed by atoms with Gasteiger partial charge in [0.2, 0.25) is 0 Å². The Kier molecular flexibility index (Phi) is 7.76. The molecule has 1 fully saturated rings. The van der Waals surface area contributed by atoms with Gasteiger partial charge in [-0.15, -0.1) is 8.78 Å². The number of Topliss-reactive ketones (excluding diaryl/α,β-unsaturated/α-hetero) is 1. The van der Waals surface area contributed by atoms with Gasteiger partial charge < -0.3 is 14.5 Å². The molecular weight excluding hydrogens is 556 g/mol. The number of alkyl halides is 3. The average Bonchev–Trinajstić information content (AvgIpc) is 2.99. The predicted molar refractivity (Wildman–Crippen MR) is 138 cm³/mol. The van der Waals surface area contributed by atoms with Crippen molar-refractivity contribution in [2.45, 2.75) is 31.4 Å². The van der Waals surface area contributed by atoms with Crippen LogP contribution < -0.4 is 4.74 Å². The standard InChI is InChI=1S/C26H29BrClF2N3O3/c1-25(2)23-20(24(35)33(25)13-12-32-10-8-31(3)9-11-32)15-18(16-21(23)27)22(34)14-17-4-6-19(7-5-17)36-26(28,29)30/h4-7,15-16H,8-14H2,1-3H3. The highest BCUT2D eigenvalue weighted by molar-refractivity contribution is 9.10. The smallest absolute Gasteiger partial charge is 0.420 e. The first kappa shape index (κ1) is 27.0. The number of likely N-dealkylation sites (N-methyl/N-ethyl adjacent to an activating group) is 1. The number of piperazine rings is 1. The van der Waals surface area contributed by atoms with Crippen LogP contribution in [0.4, 0.5) is 8.78 Å². The number of hydrogen-bond donors (Lipinski definition) is 0. The lowest BCUT2D eigenvalue weighted by Crippen LogP contribution is -2.49. The van der Waals surface area contributed by atoms with E-state index in [0.29, 0.717) is 23.2 Å². The van der Waals surface area contributed by atoms with E-state index in [1.807, 2.05) is 18.7 Å². The van der Waals surface area contributed by atoms with Crippen molar-refractivity contribution in [1.29, 1.82) is 0 Å². The summed E-state index contributed by atoms with van der Waals surface area (Å²) in [5.74, 6) is -0.365. The number of halogens is 4. The van der Waals surface area contributed by atoms with Crippen LogP contribution in [0.1, 0.15) is 45.7 Å². The highest BCUT2D eigenvalue weighted by Crippen LogP contribution is 2.43. The number of nitrogens with zero attached hydrogens (tertiary/aromatic N) is 3. The van der Waals surface area contributed by atoms with Crippen LogP contribution in [-0.4, -0.2) is 78.3 Å². The van der Waals surface area contributed by atoms with Gasteiger partial charge in [-0.2, -0.15) is 0 Å². The molecule has 0 N–H and O–H groups in total. The van der Waals surface area contributed by atoms with Gasteiger partial charge in [-0.05, 0) is 50.7 Å². The van der Waals surface area contributed by atoms with Crippen LogP contribution in [-0.2, 0) is 12.0 Å². The topological polar surface area (TPSA) is 53.1 Å². The summed E-state index contributed by atoms with van der Waals surface area (Å²) in [7, 11) is 2.11.